The van der Waals surface area contributed by atoms with Crippen LogP contribution in [0.3, 0.4) is 0 Å². The van der Waals surface area contributed by atoms with E-state index >= 15 is 0 Å². The molecule has 0 radical (unpaired) electrons. The summed E-state index contributed by atoms with van der Waals surface area (Å²) in [5, 5.41) is 10.2. The Balaban J connectivity index is 2.07. The molecule has 0 aliphatic carbocycles. The van der Waals surface area contributed by atoms with Crippen LogP contribution in [0.4, 0.5) is 0 Å². The van der Waals surface area contributed by atoms with Gasteiger partial charge in [-0.05, 0) is 29.8 Å². The van der Waals surface area contributed by atoms with Gasteiger partial charge in [-0.2, -0.15) is 0 Å². The van der Waals surface area contributed by atoms with Crippen molar-refractivity contribution in [3.05, 3.63) is 53.1 Å². The van der Waals surface area contributed by atoms with E-state index < -0.39 is 0 Å². The van der Waals surface area contributed by atoms with E-state index in [9.17, 15) is 5.11 Å². The Hall–Kier alpha value is -1.87. The van der Waals surface area contributed by atoms with Crippen LogP contribution >= 0.6 is 11.6 Å². The predicted molar refractivity (Wildman–Crippen MR) is 70.4 cm³/mol. The number of hydrogen-bond acceptors (Lipinski definition) is 3. The molecule has 1 N–H and O–H groups in total. The first kappa shape index (κ1) is 12.6. The van der Waals surface area contributed by atoms with Gasteiger partial charge in [0.1, 0.15) is 12.4 Å². The lowest BCUT2D eigenvalue weighted by Gasteiger charge is -2.09. The van der Waals surface area contributed by atoms with Crippen molar-refractivity contribution in [2.45, 2.75) is 6.61 Å². The highest BCUT2D eigenvalue weighted by Gasteiger charge is 2.04. The number of ether oxygens (including phenoxy) is 2. The zero-order valence-corrected chi connectivity index (χ0v) is 10.6. The molecule has 0 heterocycles. The fourth-order valence-electron chi connectivity index (χ4n) is 1.55. The van der Waals surface area contributed by atoms with Gasteiger partial charge in [0.15, 0.2) is 11.5 Å². The lowest BCUT2D eigenvalue weighted by atomic mass is 10.2. The Kier molecular flexibility index (Phi) is 3.95. The standard InChI is InChI=1S/C14H13ClO3/c1-17-14-7-6-10(8-12(14)16)9-18-13-5-3-2-4-11(13)15/h2-8,16H,9H2,1H3. The molecular formula is C14H13ClO3. The molecular weight excluding hydrogens is 252 g/mol. The quantitative estimate of drug-likeness (QED) is 0.916. The van der Waals surface area contributed by atoms with Gasteiger partial charge < -0.3 is 14.6 Å². The van der Waals surface area contributed by atoms with Crippen LogP contribution in [0.5, 0.6) is 17.2 Å². The molecule has 4 heteroatoms. The number of phenolic OH excluding ortho intramolecular Hbond substituents is 1. The van der Waals surface area contributed by atoms with Gasteiger partial charge in [-0.25, -0.2) is 0 Å². The monoisotopic (exact) mass is 264 g/mol. The normalized spacial score (nSPS) is 10.1. The molecule has 0 aliphatic rings. The summed E-state index contributed by atoms with van der Waals surface area (Å²) in [6.07, 6.45) is 0. The molecule has 2 aromatic carbocycles. The van der Waals surface area contributed by atoms with Gasteiger partial charge in [-0.1, -0.05) is 29.8 Å². The molecule has 0 aliphatic heterocycles. The maximum absolute atomic E-state index is 9.64. The number of rotatable bonds is 4. The lowest BCUT2D eigenvalue weighted by molar-refractivity contribution is 0.304. The Bertz CT molecular complexity index is 540. The molecule has 94 valence electrons. The summed E-state index contributed by atoms with van der Waals surface area (Å²) in [5.74, 6) is 1.16. The third-order valence-electron chi connectivity index (χ3n) is 2.47. The second-order valence-corrected chi connectivity index (χ2v) is 4.13. The van der Waals surface area contributed by atoms with Crippen molar-refractivity contribution in [3.8, 4) is 17.2 Å². The Morgan fingerprint density at radius 1 is 1.11 bits per heavy atom. The minimum atomic E-state index is 0.0951. The van der Waals surface area contributed by atoms with E-state index in [1.165, 1.54) is 7.11 Å². The van der Waals surface area contributed by atoms with Crippen molar-refractivity contribution < 1.29 is 14.6 Å². The van der Waals surface area contributed by atoms with Crippen LogP contribution in [0.15, 0.2) is 42.5 Å². The third-order valence-corrected chi connectivity index (χ3v) is 2.79. The lowest BCUT2D eigenvalue weighted by Crippen LogP contribution is -1.96. The molecule has 18 heavy (non-hydrogen) atoms. The van der Waals surface area contributed by atoms with Crippen LogP contribution in [-0.2, 0) is 6.61 Å². The zero-order valence-electron chi connectivity index (χ0n) is 9.89. The largest absolute Gasteiger partial charge is 0.504 e. The highest BCUT2D eigenvalue weighted by molar-refractivity contribution is 6.32. The fourth-order valence-corrected chi connectivity index (χ4v) is 1.74. The highest BCUT2D eigenvalue weighted by Crippen LogP contribution is 2.28. The van der Waals surface area contributed by atoms with Crippen LogP contribution in [0.2, 0.25) is 5.02 Å². The number of aromatic hydroxyl groups is 1. The average molecular weight is 265 g/mol. The summed E-state index contributed by atoms with van der Waals surface area (Å²) in [6.45, 7) is 0.335. The molecule has 0 bridgehead atoms. The van der Waals surface area contributed by atoms with E-state index in [0.717, 1.165) is 5.56 Å². The number of hydrogen-bond donors (Lipinski definition) is 1. The Morgan fingerprint density at radius 3 is 2.56 bits per heavy atom. The predicted octanol–water partition coefficient (Wildman–Crippen LogP) is 3.63. The molecule has 0 aromatic heterocycles. The van der Waals surface area contributed by atoms with Gasteiger partial charge in [0, 0.05) is 0 Å². The molecule has 0 unspecified atom stereocenters. The molecule has 2 aromatic rings. The maximum atomic E-state index is 9.64. The number of benzene rings is 2. The first-order valence-electron chi connectivity index (χ1n) is 5.44. The van der Waals surface area contributed by atoms with Gasteiger partial charge in [-0.15, -0.1) is 0 Å². The zero-order chi connectivity index (χ0) is 13.0. The Labute approximate surface area is 111 Å². The van der Waals surface area contributed by atoms with Gasteiger partial charge in [0.25, 0.3) is 0 Å². The van der Waals surface area contributed by atoms with E-state index in [1.54, 1.807) is 24.3 Å². The SMILES string of the molecule is COc1ccc(COc2ccccc2Cl)cc1O. The van der Waals surface area contributed by atoms with Crippen LogP contribution in [0.1, 0.15) is 5.56 Å². The first-order valence-corrected chi connectivity index (χ1v) is 5.81. The maximum Gasteiger partial charge on any atom is 0.160 e. The molecule has 0 saturated carbocycles. The van der Waals surface area contributed by atoms with E-state index in [0.29, 0.717) is 23.1 Å². The molecule has 0 spiro atoms. The molecule has 2 rings (SSSR count). The summed E-state index contributed by atoms with van der Waals surface area (Å²) in [4.78, 5) is 0. The molecule has 0 atom stereocenters. The minimum absolute atomic E-state index is 0.0951. The molecule has 0 saturated heterocycles. The molecule has 0 amide bonds. The summed E-state index contributed by atoms with van der Waals surface area (Å²) < 4.78 is 10.5. The van der Waals surface area contributed by atoms with Crippen molar-refractivity contribution in [2.24, 2.45) is 0 Å². The number of phenols is 1. The Morgan fingerprint density at radius 2 is 1.89 bits per heavy atom. The van der Waals surface area contributed by atoms with Crippen molar-refractivity contribution in [1.82, 2.24) is 0 Å². The van der Waals surface area contributed by atoms with E-state index in [-0.39, 0.29) is 5.75 Å². The first-order chi connectivity index (χ1) is 8.70. The fraction of sp³-hybridized carbons (Fsp3) is 0.143. The second kappa shape index (κ2) is 5.65. The highest BCUT2D eigenvalue weighted by atomic mass is 35.5. The molecule has 3 nitrogen and oxygen atoms in total. The van der Waals surface area contributed by atoms with Crippen LogP contribution in [0, 0.1) is 0 Å². The van der Waals surface area contributed by atoms with Crippen molar-refractivity contribution in [2.75, 3.05) is 7.11 Å². The number of halogens is 1. The van der Waals surface area contributed by atoms with Crippen molar-refractivity contribution in [3.63, 3.8) is 0 Å². The van der Waals surface area contributed by atoms with E-state index in [4.69, 9.17) is 21.1 Å². The summed E-state index contributed by atoms with van der Waals surface area (Å²) in [5.41, 5.74) is 0.841. The van der Waals surface area contributed by atoms with E-state index in [2.05, 4.69) is 0 Å². The second-order valence-electron chi connectivity index (χ2n) is 3.73. The van der Waals surface area contributed by atoms with Gasteiger partial charge >= 0.3 is 0 Å². The summed E-state index contributed by atoms with van der Waals surface area (Å²) >= 11 is 5.98. The summed E-state index contributed by atoms with van der Waals surface area (Å²) in [7, 11) is 1.51. The van der Waals surface area contributed by atoms with Crippen LogP contribution in [-0.4, -0.2) is 12.2 Å². The number of para-hydroxylation sites is 1. The third kappa shape index (κ3) is 2.87. The van der Waals surface area contributed by atoms with Crippen LogP contribution in [0.25, 0.3) is 0 Å². The van der Waals surface area contributed by atoms with Crippen molar-refractivity contribution >= 4 is 11.6 Å². The van der Waals surface area contributed by atoms with Gasteiger partial charge in [0.2, 0.25) is 0 Å². The summed E-state index contributed by atoms with van der Waals surface area (Å²) in [6, 6.07) is 12.4. The van der Waals surface area contributed by atoms with Gasteiger partial charge in [-0.3, -0.25) is 0 Å². The minimum Gasteiger partial charge on any atom is -0.504 e. The van der Waals surface area contributed by atoms with Crippen LogP contribution < -0.4 is 9.47 Å². The van der Waals surface area contributed by atoms with Gasteiger partial charge in [0.05, 0.1) is 12.1 Å². The topological polar surface area (TPSA) is 38.7 Å². The number of methoxy groups -OCH3 is 1. The smallest absolute Gasteiger partial charge is 0.160 e. The van der Waals surface area contributed by atoms with Crippen molar-refractivity contribution in [1.29, 1.82) is 0 Å². The molecule has 0 fully saturated rings. The average Bonchev–Trinajstić information content (AvgIpc) is 2.38. The van der Waals surface area contributed by atoms with E-state index in [1.807, 2.05) is 18.2 Å².